The second-order valence-electron chi connectivity index (χ2n) is 2.71. The van der Waals surface area contributed by atoms with E-state index in [0.29, 0.717) is 0 Å². The van der Waals surface area contributed by atoms with Crippen LogP contribution in [0.15, 0.2) is 21.5 Å². The van der Waals surface area contributed by atoms with Crippen LogP contribution in [0.3, 0.4) is 0 Å². The van der Waals surface area contributed by atoms with Crippen molar-refractivity contribution in [3.8, 4) is 0 Å². The Hall–Kier alpha value is -0.190. The number of hydrogen-bond acceptors (Lipinski definition) is 3. The van der Waals surface area contributed by atoms with Gasteiger partial charge in [0.2, 0.25) is 0 Å². The molecule has 0 atom stereocenters. The molecule has 0 spiro atoms. The Bertz CT molecular complexity index is 281. The molecule has 0 bridgehead atoms. The van der Waals surface area contributed by atoms with Gasteiger partial charge in [-0.2, -0.15) is 0 Å². The first kappa shape index (κ1) is 10.9. The van der Waals surface area contributed by atoms with Crippen molar-refractivity contribution in [2.75, 3.05) is 18.1 Å². The number of aryl methyl sites for hydroxylation is 1. The van der Waals surface area contributed by atoms with Crippen molar-refractivity contribution in [3.63, 3.8) is 0 Å². The number of halogens is 1. The van der Waals surface area contributed by atoms with Crippen LogP contribution in [0.2, 0.25) is 0 Å². The fraction of sp³-hybridized carbons (Fsp3) is 0.333. The summed E-state index contributed by atoms with van der Waals surface area (Å²) in [5, 5.41) is 8.66. The lowest BCUT2D eigenvalue weighted by Gasteiger charge is -2.06. The summed E-state index contributed by atoms with van der Waals surface area (Å²) in [5.41, 5.74) is 7.62. The van der Waals surface area contributed by atoms with Gasteiger partial charge in [0, 0.05) is 20.8 Å². The van der Waals surface area contributed by atoms with Crippen molar-refractivity contribution < 1.29 is 5.11 Å². The van der Waals surface area contributed by atoms with E-state index in [9.17, 15) is 0 Å². The maximum absolute atomic E-state index is 8.66. The minimum absolute atomic E-state index is 0.200. The zero-order valence-electron chi connectivity index (χ0n) is 7.38. The number of aliphatic hydroxyl groups is 1. The Morgan fingerprint density at radius 1 is 1.54 bits per heavy atom. The lowest BCUT2D eigenvalue weighted by Crippen LogP contribution is -1.92. The molecule has 0 aliphatic rings. The molecule has 13 heavy (non-hydrogen) atoms. The van der Waals surface area contributed by atoms with E-state index in [4.69, 9.17) is 10.8 Å². The predicted octanol–water partition coefficient (Wildman–Crippen LogP) is 2.42. The number of rotatable bonds is 3. The van der Waals surface area contributed by atoms with E-state index >= 15 is 0 Å². The molecule has 1 rings (SSSR count). The smallest absolute Gasteiger partial charge is 0.0525 e. The lowest BCUT2D eigenvalue weighted by molar-refractivity contribution is 0.322. The van der Waals surface area contributed by atoms with Crippen LogP contribution in [-0.2, 0) is 0 Å². The van der Waals surface area contributed by atoms with Crippen LogP contribution >= 0.6 is 27.7 Å². The van der Waals surface area contributed by atoms with E-state index in [1.165, 1.54) is 0 Å². The highest BCUT2D eigenvalue weighted by atomic mass is 79.9. The van der Waals surface area contributed by atoms with Gasteiger partial charge in [0.25, 0.3) is 0 Å². The molecule has 1 aromatic rings. The van der Waals surface area contributed by atoms with E-state index in [1.54, 1.807) is 11.8 Å². The molecule has 1 aromatic carbocycles. The summed E-state index contributed by atoms with van der Waals surface area (Å²) in [5.74, 6) is 0.718. The normalized spacial score (nSPS) is 10.4. The maximum Gasteiger partial charge on any atom is 0.0525 e. The van der Waals surface area contributed by atoms with Crippen molar-refractivity contribution in [2.24, 2.45) is 0 Å². The quantitative estimate of drug-likeness (QED) is 0.649. The average molecular weight is 262 g/mol. The topological polar surface area (TPSA) is 46.2 Å². The van der Waals surface area contributed by atoms with Gasteiger partial charge in [-0.25, -0.2) is 0 Å². The predicted molar refractivity (Wildman–Crippen MR) is 61.1 cm³/mol. The van der Waals surface area contributed by atoms with E-state index in [2.05, 4.69) is 15.9 Å². The van der Waals surface area contributed by atoms with Crippen LogP contribution in [0.1, 0.15) is 5.56 Å². The van der Waals surface area contributed by atoms with Crippen molar-refractivity contribution in [1.82, 2.24) is 0 Å². The number of aliphatic hydroxyl groups excluding tert-OH is 1. The molecule has 4 heteroatoms. The first-order valence-corrected chi connectivity index (χ1v) is 5.72. The Morgan fingerprint density at radius 3 is 2.77 bits per heavy atom. The number of nitrogen functional groups attached to an aromatic ring is 1. The minimum Gasteiger partial charge on any atom is -0.398 e. The van der Waals surface area contributed by atoms with Crippen molar-refractivity contribution in [3.05, 3.63) is 22.2 Å². The van der Waals surface area contributed by atoms with E-state index in [0.717, 1.165) is 26.4 Å². The van der Waals surface area contributed by atoms with Gasteiger partial charge in [0.15, 0.2) is 0 Å². The highest BCUT2D eigenvalue weighted by Crippen LogP contribution is 2.29. The Morgan fingerprint density at radius 2 is 2.23 bits per heavy atom. The Balaban J connectivity index is 2.86. The molecule has 0 saturated heterocycles. The molecule has 0 aliphatic carbocycles. The van der Waals surface area contributed by atoms with Gasteiger partial charge in [-0.15, -0.1) is 11.8 Å². The van der Waals surface area contributed by atoms with Crippen LogP contribution < -0.4 is 5.73 Å². The number of anilines is 1. The van der Waals surface area contributed by atoms with Crippen molar-refractivity contribution in [2.45, 2.75) is 11.8 Å². The van der Waals surface area contributed by atoms with Crippen LogP contribution in [0, 0.1) is 6.92 Å². The van der Waals surface area contributed by atoms with Crippen LogP contribution in [-0.4, -0.2) is 17.5 Å². The van der Waals surface area contributed by atoms with Gasteiger partial charge < -0.3 is 10.8 Å². The highest BCUT2D eigenvalue weighted by Gasteiger charge is 2.02. The van der Waals surface area contributed by atoms with E-state index in [-0.39, 0.29) is 6.61 Å². The van der Waals surface area contributed by atoms with Crippen LogP contribution in [0.25, 0.3) is 0 Å². The van der Waals surface area contributed by atoms with Gasteiger partial charge in [-0.3, -0.25) is 0 Å². The second-order valence-corrected chi connectivity index (χ2v) is 4.73. The fourth-order valence-electron chi connectivity index (χ4n) is 0.971. The number of thioether (sulfide) groups is 1. The molecule has 0 radical (unpaired) electrons. The minimum atomic E-state index is 0.200. The number of nitrogens with two attached hydrogens (primary N) is 1. The van der Waals surface area contributed by atoms with Crippen molar-refractivity contribution in [1.29, 1.82) is 0 Å². The molecule has 3 N–H and O–H groups in total. The van der Waals surface area contributed by atoms with Gasteiger partial charge in [-0.1, -0.05) is 0 Å². The number of benzene rings is 1. The van der Waals surface area contributed by atoms with E-state index < -0.39 is 0 Å². The van der Waals surface area contributed by atoms with Crippen LogP contribution in [0.4, 0.5) is 5.69 Å². The van der Waals surface area contributed by atoms with Crippen molar-refractivity contribution >= 4 is 33.4 Å². The lowest BCUT2D eigenvalue weighted by atomic mass is 10.2. The standard InChI is InChI=1S/C9H12BrNOS/c1-6-4-7(13-3-2-12)5-8(10)9(6)11/h4-5,12H,2-3,11H2,1H3. The van der Waals surface area contributed by atoms with E-state index in [1.807, 2.05) is 19.1 Å². The molecule has 0 fully saturated rings. The molecular formula is C9H12BrNOS. The molecule has 0 unspecified atom stereocenters. The molecule has 2 nitrogen and oxygen atoms in total. The monoisotopic (exact) mass is 261 g/mol. The summed E-state index contributed by atoms with van der Waals surface area (Å²) in [7, 11) is 0. The molecule has 0 amide bonds. The van der Waals surface area contributed by atoms with Gasteiger partial charge in [0.1, 0.15) is 0 Å². The Labute approximate surface area is 90.7 Å². The largest absolute Gasteiger partial charge is 0.398 e. The van der Waals surface area contributed by atoms with Gasteiger partial charge >= 0.3 is 0 Å². The first-order chi connectivity index (χ1) is 6.15. The molecule has 72 valence electrons. The Kier molecular flexibility index (Phi) is 4.09. The first-order valence-electron chi connectivity index (χ1n) is 3.94. The molecule has 0 aliphatic heterocycles. The van der Waals surface area contributed by atoms with Gasteiger partial charge in [0.05, 0.1) is 6.61 Å². The summed E-state index contributed by atoms with van der Waals surface area (Å²) in [4.78, 5) is 1.13. The zero-order valence-corrected chi connectivity index (χ0v) is 9.78. The summed E-state index contributed by atoms with van der Waals surface area (Å²) in [6.07, 6.45) is 0. The summed E-state index contributed by atoms with van der Waals surface area (Å²) in [6.45, 7) is 2.18. The SMILES string of the molecule is Cc1cc(SCCO)cc(Br)c1N. The third kappa shape index (κ3) is 2.90. The maximum atomic E-state index is 8.66. The highest BCUT2D eigenvalue weighted by molar-refractivity contribution is 9.10. The average Bonchev–Trinajstić information content (AvgIpc) is 2.10. The molecule has 0 heterocycles. The third-order valence-electron chi connectivity index (χ3n) is 1.67. The molecular weight excluding hydrogens is 250 g/mol. The third-order valence-corrected chi connectivity index (χ3v) is 3.28. The second kappa shape index (κ2) is 4.88. The van der Waals surface area contributed by atoms with Crippen LogP contribution in [0.5, 0.6) is 0 Å². The van der Waals surface area contributed by atoms with Gasteiger partial charge in [-0.05, 0) is 40.5 Å². The summed E-state index contributed by atoms with van der Waals surface area (Å²) < 4.78 is 0.924. The summed E-state index contributed by atoms with van der Waals surface area (Å²) in [6, 6.07) is 4.00. The zero-order chi connectivity index (χ0) is 9.84. The molecule has 0 saturated carbocycles. The summed E-state index contributed by atoms with van der Waals surface area (Å²) >= 11 is 5.01. The fourth-order valence-corrected chi connectivity index (χ4v) is 2.47. The molecule has 0 aromatic heterocycles. The number of hydrogen-bond donors (Lipinski definition) is 2.